The Labute approximate surface area is 176 Å². The molecule has 162 valence electrons. The van der Waals surface area contributed by atoms with Crippen LogP contribution in [0.1, 0.15) is 63.0 Å². The Bertz CT molecular complexity index is 646. The third-order valence-corrected chi connectivity index (χ3v) is 5.10. The summed E-state index contributed by atoms with van der Waals surface area (Å²) >= 11 is 0. The maximum absolute atomic E-state index is 6.10. The van der Waals surface area contributed by atoms with Crippen molar-refractivity contribution in [2.75, 3.05) is 26.9 Å². The lowest BCUT2D eigenvalue weighted by Crippen LogP contribution is -2.24. The number of hydrogen-bond acceptors (Lipinski definition) is 5. The Balaban J connectivity index is 1.72. The molecule has 1 atom stereocenters. The molecular weight excluding hydrogens is 366 g/mol. The number of nitrogens with zero attached hydrogens (tertiary/aromatic N) is 1. The van der Waals surface area contributed by atoms with Crippen LogP contribution in [-0.4, -0.2) is 38.7 Å². The maximum atomic E-state index is 6.10. The third kappa shape index (κ3) is 8.09. The van der Waals surface area contributed by atoms with Gasteiger partial charge in [-0.25, -0.2) is 0 Å². The van der Waals surface area contributed by atoms with Crippen molar-refractivity contribution in [3.8, 4) is 11.5 Å². The molecular formula is C24H37NO4. The van der Waals surface area contributed by atoms with Gasteiger partial charge in [0, 0.05) is 6.61 Å². The maximum Gasteiger partial charge on any atom is 0.125 e. The van der Waals surface area contributed by atoms with Crippen LogP contribution >= 0.6 is 0 Å². The fraction of sp³-hybridized carbons (Fsp3) is 0.625. The molecule has 1 saturated carbocycles. The van der Waals surface area contributed by atoms with Gasteiger partial charge in [0.05, 0.1) is 18.4 Å². The minimum absolute atomic E-state index is 0.109. The number of aryl methyl sites for hydroxylation is 2. The number of benzene rings is 1. The number of allylic oxidation sites excluding steroid dienone is 1. The average molecular weight is 404 g/mol. The van der Waals surface area contributed by atoms with E-state index in [1.54, 1.807) is 7.11 Å². The minimum Gasteiger partial charge on any atom is -0.493 e. The second-order valence-corrected chi connectivity index (χ2v) is 7.55. The molecule has 0 bridgehead atoms. The first-order valence-electron chi connectivity index (χ1n) is 10.8. The standard InChI is InChI=1S/C24H37NO4/c1-5-6-14-27-21-17-19(2)24(20(3)18-21)29-16-11-10-15-28-23-13-9-7-8-12-22(23)25-26-4/h5-6,17-18,23H,7-16H2,1-4H3/b6-5+,25-22+. The van der Waals surface area contributed by atoms with Gasteiger partial charge < -0.3 is 19.0 Å². The van der Waals surface area contributed by atoms with Gasteiger partial charge in [-0.2, -0.15) is 0 Å². The first-order valence-corrected chi connectivity index (χ1v) is 10.8. The highest BCUT2D eigenvalue weighted by Crippen LogP contribution is 2.28. The van der Waals surface area contributed by atoms with Crippen LogP contribution < -0.4 is 9.47 Å². The molecule has 1 aromatic rings. The van der Waals surface area contributed by atoms with Crippen LogP contribution in [0.25, 0.3) is 0 Å². The van der Waals surface area contributed by atoms with E-state index in [0.29, 0.717) is 13.2 Å². The van der Waals surface area contributed by atoms with Gasteiger partial charge in [-0.05, 0) is 76.1 Å². The number of rotatable bonds is 11. The van der Waals surface area contributed by atoms with Crippen LogP contribution in [0, 0.1) is 13.8 Å². The fourth-order valence-corrected chi connectivity index (χ4v) is 3.61. The zero-order chi connectivity index (χ0) is 20.9. The largest absolute Gasteiger partial charge is 0.493 e. The van der Waals surface area contributed by atoms with Crippen molar-refractivity contribution in [1.82, 2.24) is 0 Å². The zero-order valence-corrected chi connectivity index (χ0v) is 18.5. The normalized spacial score (nSPS) is 18.8. The minimum atomic E-state index is 0.109. The van der Waals surface area contributed by atoms with Crippen LogP contribution in [0.4, 0.5) is 0 Å². The van der Waals surface area contributed by atoms with Crippen molar-refractivity contribution in [1.29, 1.82) is 0 Å². The molecule has 1 fully saturated rings. The van der Waals surface area contributed by atoms with Crippen molar-refractivity contribution < 1.29 is 19.0 Å². The molecule has 5 heteroatoms. The number of unbranched alkanes of at least 4 members (excludes halogenated alkanes) is 1. The Kier molecular flexibility index (Phi) is 10.6. The number of oxime groups is 1. The molecule has 0 saturated heterocycles. The van der Waals surface area contributed by atoms with Crippen molar-refractivity contribution in [3.05, 3.63) is 35.4 Å². The van der Waals surface area contributed by atoms with E-state index in [0.717, 1.165) is 60.6 Å². The van der Waals surface area contributed by atoms with Gasteiger partial charge in [-0.15, -0.1) is 0 Å². The summed E-state index contributed by atoms with van der Waals surface area (Å²) in [5.41, 5.74) is 3.27. The van der Waals surface area contributed by atoms with Crippen molar-refractivity contribution in [2.45, 2.75) is 71.8 Å². The van der Waals surface area contributed by atoms with Gasteiger partial charge in [0.15, 0.2) is 0 Å². The van der Waals surface area contributed by atoms with Crippen LogP contribution in [0.2, 0.25) is 0 Å². The summed E-state index contributed by atoms with van der Waals surface area (Å²) in [6, 6.07) is 4.08. The first-order chi connectivity index (χ1) is 14.2. The van der Waals surface area contributed by atoms with Gasteiger partial charge in [-0.1, -0.05) is 30.1 Å². The first kappa shape index (κ1) is 23.3. The summed E-state index contributed by atoms with van der Waals surface area (Å²) in [5.74, 6) is 1.85. The van der Waals surface area contributed by atoms with E-state index in [9.17, 15) is 0 Å². The summed E-state index contributed by atoms with van der Waals surface area (Å²) in [6.07, 6.45) is 11.7. The lowest BCUT2D eigenvalue weighted by atomic mass is 10.1. The van der Waals surface area contributed by atoms with Gasteiger partial charge in [0.2, 0.25) is 0 Å². The molecule has 1 aliphatic rings. The van der Waals surface area contributed by atoms with E-state index >= 15 is 0 Å². The smallest absolute Gasteiger partial charge is 0.125 e. The van der Waals surface area contributed by atoms with E-state index in [-0.39, 0.29) is 6.10 Å². The highest BCUT2D eigenvalue weighted by Gasteiger charge is 2.20. The van der Waals surface area contributed by atoms with E-state index in [1.807, 2.05) is 31.2 Å². The molecule has 1 unspecified atom stereocenters. The lowest BCUT2D eigenvalue weighted by molar-refractivity contribution is 0.0816. The van der Waals surface area contributed by atoms with E-state index < -0.39 is 0 Å². The van der Waals surface area contributed by atoms with E-state index in [2.05, 4.69) is 19.0 Å². The van der Waals surface area contributed by atoms with Crippen LogP contribution in [0.15, 0.2) is 29.4 Å². The summed E-state index contributed by atoms with van der Waals surface area (Å²) in [5, 5.41) is 4.18. The van der Waals surface area contributed by atoms with E-state index in [1.165, 1.54) is 19.3 Å². The van der Waals surface area contributed by atoms with Crippen molar-refractivity contribution >= 4 is 5.71 Å². The number of ether oxygens (including phenoxy) is 3. The molecule has 5 nitrogen and oxygen atoms in total. The lowest BCUT2D eigenvalue weighted by Gasteiger charge is -2.17. The van der Waals surface area contributed by atoms with Gasteiger partial charge in [-0.3, -0.25) is 0 Å². The Morgan fingerprint density at radius 1 is 1.03 bits per heavy atom. The number of hydrogen-bond donors (Lipinski definition) is 0. The van der Waals surface area contributed by atoms with Crippen molar-refractivity contribution in [2.24, 2.45) is 5.16 Å². The predicted molar refractivity (Wildman–Crippen MR) is 118 cm³/mol. The van der Waals surface area contributed by atoms with Crippen LogP contribution in [0.5, 0.6) is 11.5 Å². The molecule has 1 aliphatic carbocycles. The van der Waals surface area contributed by atoms with Gasteiger partial charge in [0.1, 0.15) is 25.2 Å². The highest BCUT2D eigenvalue weighted by molar-refractivity contribution is 5.88. The Morgan fingerprint density at radius 3 is 2.52 bits per heavy atom. The van der Waals surface area contributed by atoms with Gasteiger partial charge >= 0.3 is 0 Å². The molecule has 0 aromatic heterocycles. The zero-order valence-electron chi connectivity index (χ0n) is 18.5. The highest BCUT2D eigenvalue weighted by atomic mass is 16.6. The SMILES string of the molecule is C/C=C/COc1cc(C)c(OCCCCOC2CCCCC/C2=N\OC)c(C)c1. The molecule has 2 rings (SSSR count). The summed E-state index contributed by atoms with van der Waals surface area (Å²) in [7, 11) is 1.61. The molecule has 29 heavy (non-hydrogen) atoms. The average Bonchev–Trinajstić information content (AvgIpc) is 2.92. The molecule has 0 aliphatic heterocycles. The molecule has 1 aromatic carbocycles. The predicted octanol–water partition coefficient (Wildman–Crippen LogP) is 5.77. The second-order valence-electron chi connectivity index (χ2n) is 7.55. The molecule has 0 N–H and O–H groups in total. The molecule has 0 heterocycles. The summed E-state index contributed by atoms with van der Waals surface area (Å²) in [4.78, 5) is 4.99. The molecule has 0 radical (unpaired) electrons. The molecule has 0 amide bonds. The second kappa shape index (κ2) is 13.3. The van der Waals surface area contributed by atoms with Crippen LogP contribution in [0.3, 0.4) is 0 Å². The Hall–Kier alpha value is -2.01. The summed E-state index contributed by atoms with van der Waals surface area (Å²) < 4.78 is 17.9. The fourth-order valence-electron chi connectivity index (χ4n) is 3.61. The topological polar surface area (TPSA) is 49.3 Å². The van der Waals surface area contributed by atoms with Crippen LogP contribution in [-0.2, 0) is 9.57 Å². The summed E-state index contributed by atoms with van der Waals surface area (Å²) in [6.45, 7) is 8.13. The van der Waals surface area contributed by atoms with E-state index in [4.69, 9.17) is 19.0 Å². The van der Waals surface area contributed by atoms with Crippen molar-refractivity contribution in [3.63, 3.8) is 0 Å². The van der Waals surface area contributed by atoms with Gasteiger partial charge in [0.25, 0.3) is 0 Å². The third-order valence-electron chi connectivity index (χ3n) is 5.10. The quantitative estimate of drug-likeness (QED) is 0.204. The Morgan fingerprint density at radius 2 is 1.79 bits per heavy atom. The monoisotopic (exact) mass is 403 g/mol. The molecule has 0 spiro atoms.